The van der Waals surface area contributed by atoms with E-state index in [2.05, 4.69) is 0 Å². The van der Waals surface area contributed by atoms with Crippen LogP contribution in [0.4, 0.5) is 26.3 Å². The van der Waals surface area contributed by atoms with Gasteiger partial charge in [-0.1, -0.05) is 0 Å². The molecule has 0 aromatic heterocycles. The van der Waals surface area contributed by atoms with Gasteiger partial charge >= 0.3 is 37.6 Å². The third-order valence-corrected chi connectivity index (χ3v) is 1.26. The van der Waals surface area contributed by atoms with Gasteiger partial charge in [-0.15, -0.1) is 0 Å². The molecule has 0 radical (unpaired) electrons. The molecule has 0 aliphatic carbocycles. The number of aliphatic hydroxyl groups excluding tert-OH is 2. The summed E-state index contributed by atoms with van der Waals surface area (Å²) in [6, 6.07) is 0. The Hall–Kier alpha value is -1.71. The van der Waals surface area contributed by atoms with E-state index in [1.165, 1.54) is 0 Å². The van der Waals surface area contributed by atoms with Crippen LogP contribution in [0.2, 0.25) is 0 Å². The van der Waals surface area contributed by atoms with Gasteiger partial charge in [-0.25, -0.2) is 0 Å². The normalized spacial score (nSPS) is 12.2. The molecule has 0 atom stereocenters. The Morgan fingerprint density at radius 2 is 0.957 bits per heavy atom. The Kier molecular flexibility index (Phi) is 13.4. The molecule has 0 rings (SSSR count). The molecule has 23 heavy (non-hydrogen) atoms. The first kappa shape index (κ1) is 26.2. The van der Waals surface area contributed by atoms with E-state index in [0.29, 0.717) is 0 Å². The van der Waals surface area contributed by atoms with Crippen LogP contribution in [-0.4, -0.2) is 34.1 Å². The standard InChI is InChI=1S/2C5H5F3O2.Mo.2O/c2*1-3(9)2-4(10)5(6,7)8;;;/h2*2,10H,1H3;;;/b2*4-2-;;;. The molecule has 0 heterocycles. The van der Waals surface area contributed by atoms with Crippen LogP contribution in [0.1, 0.15) is 13.8 Å². The monoisotopic (exact) mass is 438 g/mol. The van der Waals surface area contributed by atoms with Crippen molar-refractivity contribution in [1.29, 1.82) is 0 Å². The Morgan fingerprint density at radius 3 is 1.00 bits per heavy atom. The van der Waals surface area contributed by atoms with Gasteiger partial charge in [0.05, 0.1) is 0 Å². The number of ketones is 2. The molecule has 0 saturated heterocycles. The first-order valence-electron chi connectivity index (χ1n) is 4.98. The van der Waals surface area contributed by atoms with E-state index < -0.39 is 53.9 Å². The van der Waals surface area contributed by atoms with Crippen molar-refractivity contribution in [3.8, 4) is 0 Å². The summed E-state index contributed by atoms with van der Waals surface area (Å²) >= 11 is -2.03. The van der Waals surface area contributed by atoms with Crippen molar-refractivity contribution in [2.45, 2.75) is 26.2 Å². The summed E-state index contributed by atoms with van der Waals surface area (Å²) in [5.74, 6) is -5.40. The molecular formula is C10H10F6MoO6. The molecule has 6 nitrogen and oxygen atoms in total. The Labute approximate surface area is 133 Å². The predicted molar refractivity (Wildman–Crippen MR) is 56.3 cm³/mol. The van der Waals surface area contributed by atoms with Crippen LogP contribution in [0, 0.1) is 0 Å². The summed E-state index contributed by atoms with van der Waals surface area (Å²) in [5.41, 5.74) is 0. The Balaban J connectivity index is -0.000000297. The summed E-state index contributed by atoms with van der Waals surface area (Å²) < 4.78 is 85.0. The molecule has 134 valence electrons. The molecule has 0 aromatic rings. The third-order valence-electron chi connectivity index (χ3n) is 1.26. The zero-order valence-electron chi connectivity index (χ0n) is 11.4. The molecule has 0 amide bonds. The summed E-state index contributed by atoms with van der Waals surface area (Å²) in [6.07, 6.45) is -9.38. The van der Waals surface area contributed by atoms with E-state index in [1.54, 1.807) is 0 Å². The van der Waals surface area contributed by atoms with E-state index in [0.717, 1.165) is 13.8 Å². The van der Waals surface area contributed by atoms with Crippen molar-refractivity contribution in [2.24, 2.45) is 0 Å². The second-order valence-corrected chi connectivity index (χ2v) is 3.68. The van der Waals surface area contributed by atoms with Gasteiger partial charge in [0.25, 0.3) is 0 Å². The molecule has 2 N–H and O–H groups in total. The molecule has 0 bridgehead atoms. The van der Waals surface area contributed by atoms with Crippen molar-refractivity contribution in [3.63, 3.8) is 0 Å². The SMILES string of the molecule is CC(=O)/C=C(\O)C(F)(F)F.CC(=O)/C=C(\O)C(F)(F)F.[O]=[Mo]=[O]. The number of rotatable bonds is 2. The second kappa shape index (κ2) is 11.8. The van der Waals surface area contributed by atoms with E-state index in [4.69, 9.17) is 17.0 Å². The zero-order valence-corrected chi connectivity index (χ0v) is 13.4. The van der Waals surface area contributed by atoms with Gasteiger partial charge in [-0.2, -0.15) is 26.3 Å². The van der Waals surface area contributed by atoms with Crippen molar-refractivity contribution in [1.82, 2.24) is 0 Å². The molecule has 0 fully saturated rings. The molecule has 0 saturated carbocycles. The van der Waals surface area contributed by atoms with Crippen LogP contribution in [0.3, 0.4) is 0 Å². The van der Waals surface area contributed by atoms with E-state index in [1.807, 2.05) is 0 Å². The first-order valence-corrected chi connectivity index (χ1v) is 6.62. The fraction of sp³-hybridized carbons (Fsp3) is 0.400. The Bertz CT molecular complexity index is 459. The minimum atomic E-state index is -4.81. The van der Waals surface area contributed by atoms with Crippen molar-refractivity contribution in [2.75, 3.05) is 0 Å². The maximum atomic E-state index is 11.3. The van der Waals surface area contributed by atoms with Crippen LogP contribution in [-0.2, 0) is 34.9 Å². The van der Waals surface area contributed by atoms with Gasteiger partial charge in [0.15, 0.2) is 11.6 Å². The van der Waals surface area contributed by atoms with Crippen molar-refractivity contribution in [3.05, 3.63) is 23.7 Å². The maximum absolute atomic E-state index is 11.3. The van der Waals surface area contributed by atoms with E-state index in [9.17, 15) is 35.9 Å². The third kappa shape index (κ3) is 20.3. The average molecular weight is 436 g/mol. The number of carbonyl (C=O) groups is 2. The van der Waals surface area contributed by atoms with Gasteiger partial charge < -0.3 is 10.2 Å². The van der Waals surface area contributed by atoms with Gasteiger partial charge in [0, 0.05) is 12.2 Å². The fourth-order valence-corrected chi connectivity index (χ4v) is 0.549. The zero-order chi connectivity index (χ0) is 19.4. The van der Waals surface area contributed by atoms with Gasteiger partial charge in [0.2, 0.25) is 11.5 Å². The number of carbonyl (C=O) groups excluding carboxylic acids is 2. The number of hydrogen-bond donors (Lipinski definition) is 2. The number of hydrogen-bond acceptors (Lipinski definition) is 6. The minimum absolute atomic E-state index is 0.125. The summed E-state index contributed by atoms with van der Waals surface area (Å²) in [4.78, 5) is 19.9. The fourth-order valence-electron chi connectivity index (χ4n) is 0.549. The number of aliphatic hydroxyl groups is 2. The van der Waals surface area contributed by atoms with Crippen LogP contribution >= 0.6 is 0 Å². The van der Waals surface area contributed by atoms with E-state index >= 15 is 0 Å². The number of halogens is 6. The molecule has 0 spiro atoms. The van der Waals surface area contributed by atoms with Crippen molar-refractivity contribution >= 4 is 11.6 Å². The second-order valence-electron chi connectivity index (χ2n) is 3.34. The molecular weight excluding hydrogens is 426 g/mol. The molecule has 13 heteroatoms. The van der Waals surface area contributed by atoms with Crippen LogP contribution in [0.25, 0.3) is 0 Å². The number of alkyl halides is 6. The van der Waals surface area contributed by atoms with Crippen LogP contribution in [0.15, 0.2) is 23.7 Å². The summed E-state index contributed by atoms with van der Waals surface area (Å²) in [5, 5.41) is 16.1. The summed E-state index contributed by atoms with van der Waals surface area (Å²) in [6.45, 7) is 1.84. The van der Waals surface area contributed by atoms with Gasteiger partial charge in [-0.3, -0.25) is 9.59 Å². The Morgan fingerprint density at radius 1 is 0.783 bits per heavy atom. The average Bonchev–Trinajstić information content (AvgIpc) is 2.26. The number of allylic oxidation sites excluding steroid dienone is 4. The molecule has 0 aromatic carbocycles. The molecule has 0 aliphatic heterocycles. The first-order chi connectivity index (χ1) is 10.1. The molecule has 0 unspecified atom stereocenters. The van der Waals surface area contributed by atoms with Gasteiger partial charge in [-0.05, 0) is 13.8 Å². The van der Waals surface area contributed by atoms with Crippen LogP contribution < -0.4 is 0 Å². The topological polar surface area (TPSA) is 109 Å². The van der Waals surface area contributed by atoms with Crippen molar-refractivity contribution < 1.29 is 71.4 Å². The summed E-state index contributed by atoms with van der Waals surface area (Å²) in [7, 11) is 0. The quantitative estimate of drug-likeness (QED) is 0.298. The van der Waals surface area contributed by atoms with Gasteiger partial charge in [0.1, 0.15) is 0 Å². The van der Waals surface area contributed by atoms with Crippen LogP contribution in [0.5, 0.6) is 0 Å². The molecule has 0 aliphatic rings. The predicted octanol–water partition coefficient (Wildman–Crippen LogP) is 2.92. The van der Waals surface area contributed by atoms with E-state index in [-0.39, 0.29) is 12.2 Å².